The van der Waals surface area contributed by atoms with Gasteiger partial charge >= 0.3 is 5.97 Å². The minimum absolute atomic E-state index is 0.0118. The molecule has 1 heterocycles. The number of hydrogen-bond donors (Lipinski definition) is 1. The van der Waals surface area contributed by atoms with Crippen molar-refractivity contribution in [1.82, 2.24) is 4.31 Å². The Bertz CT molecular complexity index is 670. The van der Waals surface area contributed by atoms with E-state index in [0.29, 0.717) is 12.0 Å². The van der Waals surface area contributed by atoms with Gasteiger partial charge in [-0.05, 0) is 18.4 Å². The van der Waals surface area contributed by atoms with Gasteiger partial charge in [-0.15, -0.1) is 0 Å². The van der Waals surface area contributed by atoms with E-state index < -0.39 is 26.8 Å². The summed E-state index contributed by atoms with van der Waals surface area (Å²) in [6.07, 6.45) is 0.556. The molecule has 1 aromatic rings. The van der Waals surface area contributed by atoms with Crippen LogP contribution in [0.5, 0.6) is 0 Å². The Labute approximate surface area is 127 Å². The van der Waals surface area contributed by atoms with E-state index in [1.54, 1.807) is 0 Å². The van der Waals surface area contributed by atoms with Gasteiger partial charge in [0.05, 0.1) is 16.6 Å². The van der Waals surface area contributed by atoms with Gasteiger partial charge in [-0.25, -0.2) is 12.7 Å². The summed E-state index contributed by atoms with van der Waals surface area (Å²) >= 11 is 0. The predicted molar refractivity (Wildman–Crippen MR) is 77.9 cm³/mol. The molecule has 8 nitrogen and oxygen atoms in total. The maximum atomic E-state index is 12.2. The van der Waals surface area contributed by atoms with Crippen LogP contribution in [0.15, 0.2) is 24.3 Å². The number of carboxylic acids is 1. The lowest BCUT2D eigenvalue weighted by molar-refractivity contribution is -0.384. The van der Waals surface area contributed by atoms with Crippen molar-refractivity contribution in [2.24, 2.45) is 5.92 Å². The molecule has 0 amide bonds. The number of non-ortho nitro benzene ring substituents is 1. The monoisotopic (exact) mass is 328 g/mol. The minimum atomic E-state index is -3.51. The van der Waals surface area contributed by atoms with Crippen molar-refractivity contribution in [2.75, 3.05) is 18.8 Å². The van der Waals surface area contributed by atoms with Crippen LogP contribution in [0.4, 0.5) is 5.69 Å². The van der Waals surface area contributed by atoms with Crippen molar-refractivity contribution in [3.63, 3.8) is 0 Å². The molecule has 1 fully saturated rings. The Morgan fingerprint density at radius 3 is 2.50 bits per heavy atom. The van der Waals surface area contributed by atoms with E-state index in [1.165, 1.54) is 28.6 Å². The SMILES string of the molecule is O=C(O)C1CCN(S(=O)(=O)CCc2ccc([N+](=O)[O-])cc2)C1. The van der Waals surface area contributed by atoms with Gasteiger partial charge in [0.2, 0.25) is 10.0 Å². The molecule has 0 saturated carbocycles. The van der Waals surface area contributed by atoms with Gasteiger partial charge in [0, 0.05) is 25.2 Å². The highest BCUT2D eigenvalue weighted by Gasteiger charge is 2.34. The lowest BCUT2D eigenvalue weighted by atomic mass is 10.1. The Kier molecular flexibility index (Phi) is 4.77. The van der Waals surface area contributed by atoms with Gasteiger partial charge in [-0.2, -0.15) is 0 Å². The average Bonchev–Trinajstić information content (AvgIpc) is 2.96. The number of carbonyl (C=O) groups is 1. The Morgan fingerprint density at radius 1 is 1.36 bits per heavy atom. The lowest BCUT2D eigenvalue weighted by Gasteiger charge is -2.15. The molecule has 1 atom stereocenters. The molecule has 1 aliphatic rings. The van der Waals surface area contributed by atoms with E-state index in [1.807, 2.05) is 0 Å². The second kappa shape index (κ2) is 6.41. The van der Waals surface area contributed by atoms with Crippen LogP contribution in [0.2, 0.25) is 0 Å². The smallest absolute Gasteiger partial charge is 0.307 e. The number of hydrogen-bond acceptors (Lipinski definition) is 5. The third kappa shape index (κ3) is 3.80. The number of benzene rings is 1. The Hall–Kier alpha value is -2.00. The van der Waals surface area contributed by atoms with Crippen molar-refractivity contribution in [3.05, 3.63) is 39.9 Å². The van der Waals surface area contributed by atoms with Crippen LogP contribution in [0.1, 0.15) is 12.0 Å². The molecule has 0 aromatic heterocycles. The van der Waals surface area contributed by atoms with Crippen LogP contribution in [0, 0.1) is 16.0 Å². The summed E-state index contributed by atoms with van der Waals surface area (Å²) in [5.74, 6) is -1.76. The third-order valence-corrected chi connectivity index (χ3v) is 5.53. The number of aryl methyl sites for hydroxylation is 1. The molecule has 22 heavy (non-hydrogen) atoms. The van der Waals surface area contributed by atoms with Crippen LogP contribution in [0.25, 0.3) is 0 Å². The fourth-order valence-electron chi connectivity index (χ4n) is 2.34. The Morgan fingerprint density at radius 2 is 2.00 bits per heavy atom. The summed E-state index contributed by atoms with van der Waals surface area (Å²) in [5, 5.41) is 19.4. The van der Waals surface area contributed by atoms with E-state index in [4.69, 9.17) is 5.11 Å². The molecular formula is C13H16N2O6S. The van der Waals surface area contributed by atoms with E-state index in [2.05, 4.69) is 0 Å². The third-order valence-electron chi connectivity index (χ3n) is 3.69. The Balaban J connectivity index is 1.95. The number of carboxylic acid groups (broad SMARTS) is 1. The summed E-state index contributed by atoms with van der Waals surface area (Å²) in [6.45, 7) is 0.234. The van der Waals surface area contributed by atoms with Crippen molar-refractivity contribution in [2.45, 2.75) is 12.8 Å². The average molecular weight is 328 g/mol. The first-order chi connectivity index (χ1) is 10.3. The van der Waals surface area contributed by atoms with E-state index in [0.717, 1.165) is 0 Å². The fraction of sp³-hybridized carbons (Fsp3) is 0.462. The minimum Gasteiger partial charge on any atom is -0.481 e. The normalized spacial score (nSPS) is 19.2. The zero-order valence-electron chi connectivity index (χ0n) is 11.7. The number of sulfonamides is 1. The molecular weight excluding hydrogens is 312 g/mol. The number of nitro groups is 1. The van der Waals surface area contributed by atoms with Gasteiger partial charge in [0.15, 0.2) is 0 Å². The van der Waals surface area contributed by atoms with Gasteiger partial charge in [-0.1, -0.05) is 12.1 Å². The second-order valence-corrected chi connectivity index (χ2v) is 7.26. The number of aliphatic carboxylic acids is 1. The molecule has 2 rings (SSSR count). The maximum absolute atomic E-state index is 12.2. The van der Waals surface area contributed by atoms with Crippen molar-refractivity contribution < 1.29 is 23.2 Å². The van der Waals surface area contributed by atoms with Crippen molar-refractivity contribution >= 4 is 21.7 Å². The molecule has 1 saturated heterocycles. The van der Waals surface area contributed by atoms with Crippen LogP contribution in [-0.4, -0.2) is 47.6 Å². The second-order valence-electron chi connectivity index (χ2n) is 5.17. The summed E-state index contributed by atoms with van der Waals surface area (Å²) in [4.78, 5) is 20.9. The highest BCUT2D eigenvalue weighted by Crippen LogP contribution is 2.21. The first-order valence-electron chi connectivity index (χ1n) is 6.73. The molecule has 0 bridgehead atoms. The number of rotatable bonds is 6. The zero-order valence-corrected chi connectivity index (χ0v) is 12.5. The highest BCUT2D eigenvalue weighted by atomic mass is 32.2. The van der Waals surface area contributed by atoms with E-state index in [-0.39, 0.29) is 31.0 Å². The van der Waals surface area contributed by atoms with E-state index in [9.17, 15) is 23.3 Å². The van der Waals surface area contributed by atoms with Crippen LogP contribution >= 0.6 is 0 Å². The van der Waals surface area contributed by atoms with Crippen LogP contribution in [-0.2, 0) is 21.2 Å². The summed E-state index contributed by atoms with van der Waals surface area (Å²) in [5.41, 5.74) is 0.638. The first kappa shape index (κ1) is 16.4. The molecule has 9 heteroatoms. The van der Waals surface area contributed by atoms with Crippen LogP contribution in [0.3, 0.4) is 0 Å². The quantitative estimate of drug-likeness (QED) is 0.611. The predicted octanol–water partition coefficient (Wildman–Crippen LogP) is 0.874. The van der Waals surface area contributed by atoms with Gasteiger partial charge in [-0.3, -0.25) is 14.9 Å². The molecule has 1 aromatic carbocycles. The fourth-order valence-corrected chi connectivity index (χ4v) is 3.89. The van der Waals surface area contributed by atoms with Gasteiger partial charge < -0.3 is 5.11 Å². The molecule has 0 aliphatic carbocycles. The lowest BCUT2D eigenvalue weighted by Crippen LogP contribution is -2.32. The zero-order chi connectivity index (χ0) is 16.3. The topological polar surface area (TPSA) is 118 Å². The van der Waals surface area contributed by atoms with Crippen LogP contribution < -0.4 is 0 Å². The molecule has 0 spiro atoms. The molecule has 1 aliphatic heterocycles. The molecule has 1 N–H and O–H groups in total. The summed E-state index contributed by atoms with van der Waals surface area (Å²) in [6, 6.07) is 5.71. The standard InChI is InChI=1S/C13H16N2O6S/c16-13(17)11-5-7-14(9-11)22(20,21)8-6-10-1-3-12(4-2-10)15(18)19/h1-4,11H,5-9H2,(H,16,17). The maximum Gasteiger partial charge on any atom is 0.307 e. The molecule has 120 valence electrons. The molecule has 1 unspecified atom stereocenters. The van der Waals surface area contributed by atoms with Crippen molar-refractivity contribution in [1.29, 1.82) is 0 Å². The number of nitro benzene ring substituents is 1. The van der Waals surface area contributed by atoms with E-state index >= 15 is 0 Å². The van der Waals surface area contributed by atoms with Crippen molar-refractivity contribution in [3.8, 4) is 0 Å². The summed E-state index contributed by atoms with van der Waals surface area (Å²) in [7, 11) is -3.51. The summed E-state index contributed by atoms with van der Waals surface area (Å²) < 4.78 is 25.6. The van der Waals surface area contributed by atoms with Gasteiger partial charge in [0.25, 0.3) is 5.69 Å². The first-order valence-corrected chi connectivity index (χ1v) is 8.34. The van der Waals surface area contributed by atoms with Gasteiger partial charge in [0.1, 0.15) is 0 Å². The number of nitrogens with zero attached hydrogens (tertiary/aromatic N) is 2. The largest absolute Gasteiger partial charge is 0.481 e. The highest BCUT2D eigenvalue weighted by molar-refractivity contribution is 7.89. The molecule has 0 radical (unpaired) electrons.